The number of Topliss-reactive ketones (excluding diaryl/α,β-unsaturated/α-hetero) is 1. The van der Waals surface area contributed by atoms with Crippen LogP contribution in [0.25, 0.3) is 16.0 Å². The Labute approximate surface area is 213 Å². The zero-order valence-electron chi connectivity index (χ0n) is 18.9. The van der Waals surface area contributed by atoms with Crippen LogP contribution in [-0.4, -0.2) is 41.0 Å². The minimum absolute atomic E-state index is 0.115. The molecule has 0 aliphatic carbocycles. The molecule has 3 heterocycles. The third-order valence-corrected chi connectivity index (χ3v) is 7.06. The minimum Gasteiger partial charge on any atom is -0.506 e. The Morgan fingerprint density at radius 2 is 1.78 bits per heavy atom. The number of rotatable bonds is 5. The summed E-state index contributed by atoms with van der Waals surface area (Å²) in [5.41, 5.74) is 0.807. The van der Waals surface area contributed by atoms with Gasteiger partial charge in [0.25, 0.3) is 5.78 Å². The number of anilines is 1. The quantitative estimate of drug-likeness (QED) is 0.219. The molecule has 5 rings (SSSR count). The highest BCUT2D eigenvalue weighted by molar-refractivity contribution is 7.22. The summed E-state index contributed by atoms with van der Waals surface area (Å²) in [6.07, 6.45) is 3.01. The average Bonchev–Trinajstić information content (AvgIpc) is 3.41. The molecule has 0 saturated carbocycles. The van der Waals surface area contributed by atoms with Gasteiger partial charge in [0.05, 0.1) is 41.1 Å². The average molecular weight is 526 g/mol. The van der Waals surface area contributed by atoms with Crippen LogP contribution in [0.3, 0.4) is 0 Å². The largest absolute Gasteiger partial charge is 0.506 e. The maximum atomic E-state index is 14.1. The first kappa shape index (κ1) is 23.7. The van der Waals surface area contributed by atoms with E-state index < -0.39 is 29.3 Å². The van der Waals surface area contributed by atoms with Crippen LogP contribution in [0.15, 0.2) is 60.4 Å². The van der Waals surface area contributed by atoms with E-state index >= 15 is 0 Å². The van der Waals surface area contributed by atoms with Crippen molar-refractivity contribution in [2.45, 2.75) is 6.04 Å². The SMILES string of the molecule is COc1cccc(OC)c1/C(O)=C1\C(=O)C(=O)N(c2nc3cc(Cl)c(F)cc3s2)C1c1ccncc1. The van der Waals surface area contributed by atoms with Crippen LogP contribution in [0.2, 0.25) is 5.02 Å². The van der Waals surface area contributed by atoms with Gasteiger partial charge < -0.3 is 14.6 Å². The number of fused-ring (bicyclic) bond motifs is 1. The van der Waals surface area contributed by atoms with Gasteiger partial charge in [-0.25, -0.2) is 9.37 Å². The lowest BCUT2D eigenvalue weighted by atomic mass is 9.95. The molecule has 1 amide bonds. The van der Waals surface area contributed by atoms with Crippen molar-refractivity contribution in [2.24, 2.45) is 0 Å². The fourth-order valence-corrected chi connectivity index (χ4v) is 5.28. The van der Waals surface area contributed by atoms with Crippen LogP contribution >= 0.6 is 22.9 Å². The van der Waals surface area contributed by atoms with Gasteiger partial charge in [-0.3, -0.25) is 19.5 Å². The Morgan fingerprint density at radius 3 is 2.42 bits per heavy atom. The standard InChI is InChI=1S/C25H17ClFN3O5S/c1-34-16-4-3-5-17(35-2)19(16)22(31)20-21(12-6-8-28-9-7-12)30(24(33)23(20)32)25-29-15-10-13(26)14(27)11-18(15)36-25/h3-11,21,31H,1-2H3/b22-20+. The van der Waals surface area contributed by atoms with Gasteiger partial charge in [-0.05, 0) is 42.0 Å². The molecule has 1 N–H and O–H groups in total. The van der Waals surface area contributed by atoms with Crippen molar-refractivity contribution in [3.63, 3.8) is 0 Å². The van der Waals surface area contributed by atoms with E-state index in [2.05, 4.69) is 9.97 Å². The molecule has 36 heavy (non-hydrogen) atoms. The molecule has 1 saturated heterocycles. The number of aromatic nitrogens is 2. The molecule has 0 radical (unpaired) electrons. The first-order valence-electron chi connectivity index (χ1n) is 10.5. The molecule has 1 aliphatic heterocycles. The lowest BCUT2D eigenvalue weighted by Crippen LogP contribution is -2.29. The Morgan fingerprint density at radius 1 is 1.11 bits per heavy atom. The van der Waals surface area contributed by atoms with Gasteiger partial charge in [0.15, 0.2) is 5.13 Å². The zero-order chi connectivity index (χ0) is 25.6. The summed E-state index contributed by atoms with van der Waals surface area (Å²) >= 11 is 6.93. The van der Waals surface area contributed by atoms with Crippen molar-refractivity contribution < 1.29 is 28.6 Å². The Kier molecular flexibility index (Phi) is 6.07. The molecule has 1 atom stereocenters. The van der Waals surface area contributed by atoms with Crippen LogP contribution in [0.4, 0.5) is 9.52 Å². The summed E-state index contributed by atoms with van der Waals surface area (Å²) < 4.78 is 25.3. The molecule has 1 fully saturated rings. The topological polar surface area (TPSA) is 102 Å². The maximum absolute atomic E-state index is 14.1. The highest BCUT2D eigenvalue weighted by atomic mass is 35.5. The van der Waals surface area contributed by atoms with Gasteiger partial charge >= 0.3 is 5.91 Å². The zero-order valence-corrected chi connectivity index (χ0v) is 20.4. The number of ether oxygens (including phenoxy) is 2. The Bertz CT molecular complexity index is 1500. The molecule has 2 aromatic heterocycles. The second kappa shape index (κ2) is 9.21. The predicted molar refractivity (Wildman–Crippen MR) is 133 cm³/mol. The molecule has 0 bridgehead atoms. The van der Waals surface area contributed by atoms with Crippen molar-refractivity contribution in [1.82, 2.24) is 9.97 Å². The van der Waals surface area contributed by atoms with Gasteiger partial charge in [-0.2, -0.15) is 0 Å². The van der Waals surface area contributed by atoms with E-state index in [9.17, 15) is 19.1 Å². The van der Waals surface area contributed by atoms with Crippen LogP contribution in [0.5, 0.6) is 11.5 Å². The lowest BCUT2D eigenvalue weighted by Gasteiger charge is -2.23. The molecular formula is C25H17ClFN3O5S. The van der Waals surface area contributed by atoms with Crippen molar-refractivity contribution in [3.05, 3.63) is 82.4 Å². The summed E-state index contributed by atoms with van der Waals surface area (Å²) in [4.78, 5) is 36.4. The highest BCUT2D eigenvalue weighted by Crippen LogP contribution is 2.46. The van der Waals surface area contributed by atoms with Crippen molar-refractivity contribution in [1.29, 1.82) is 0 Å². The number of ketones is 1. The normalized spacial score (nSPS) is 17.1. The first-order valence-corrected chi connectivity index (χ1v) is 11.7. The number of thiazole rings is 1. The number of benzene rings is 2. The van der Waals surface area contributed by atoms with Crippen molar-refractivity contribution in [3.8, 4) is 11.5 Å². The van der Waals surface area contributed by atoms with Crippen LogP contribution in [0.1, 0.15) is 17.2 Å². The number of halogens is 2. The molecule has 2 aromatic carbocycles. The van der Waals surface area contributed by atoms with E-state index in [-0.39, 0.29) is 32.8 Å². The van der Waals surface area contributed by atoms with Gasteiger partial charge in [-0.15, -0.1) is 0 Å². The van der Waals surface area contributed by atoms with Crippen molar-refractivity contribution >= 4 is 55.7 Å². The number of carbonyl (C=O) groups is 2. The number of carbonyl (C=O) groups excluding carboxylic acids is 2. The number of aliphatic hydroxyl groups excluding tert-OH is 1. The second-order valence-corrected chi connectivity index (χ2v) is 9.13. The number of pyridine rings is 1. The molecule has 1 aliphatic rings. The fourth-order valence-electron chi connectivity index (χ4n) is 4.12. The predicted octanol–water partition coefficient (Wildman–Crippen LogP) is 5.13. The third kappa shape index (κ3) is 3.75. The van der Waals surface area contributed by atoms with Gasteiger partial charge in [0.1, 0.15) is 28.6 Å². The van der Waals surface area contributed by atoms with E-state index in [1.165, 1.54) is 43.6 Å². The number of amides is 1. The van der Waals surface area contributed by atoms with Gasteiger partial charge in [0.2, 0.25) is 0 Å². The molecule has 182 valence electrons. The number of hydrogen-bond acceptors (Lipinski definition) is 8. The van der Waals surface area contributed by atoms with E-state index in [1.807, 2.05) is 0 Å². The number of aliphatic hydroxyl groups is 1. The Hall–Kier alpha value is -4.02. The second-order valence-electron chi connectivity index (χ2n) is 7.72. The summed E-state index contributed by atoms with van der Waals surface area (Å²) in [7, 11) is 2.83. The van der Waals surface area contributed by atoms with E-state index in [4.69, 9.17) is 21.1 Å². The van der Waals surface area contributed by atoms with E-state index in [1.54, 1.807) is 30.3 Å². The molecule has 1 unspecified atom stereocenters. The third-order valence-electron chi connectivity index (χ3n) is 5.76. The molecule has 0 spiro atoms. The van der Waals surface area contributed by atoms with E-state index in [0.29, 0.717) is 15.8 Å². The lowest BCUT2D eigenvalue weighted by molar-refractivity contribution is -0.132. The van der Waals surface area contributed by atoms with Gasteiger partial charge in [0, 0.05) is 12.4 Å². The first-order chi connectivity index (χ1) is 17.3. The molecule has 11 heteroatoms. The summed E-state index contributed by atoms with van der Waals surface area (Å²) in [5, 5.41) is 11.5. The van der Waals surface area contributed by atoms with Crippen LogP contribution < -0.4 is 14.4 Å². The maximum Gasteiger partial charge on any atom is 0.301 e. The fraction of sp³-hybridized carbons (Fsp3) is 0.120. The smallest absolute Gasteiger partial charge is 0.301 e. The molecule has 8 nitrogen and oxygen atoms in total. The van der Waals surface area contributed by atoms with Crippen LogP contribution in [0, 0.1) is 5.82 Å². The highest BCUT2D eigenvalue weighted by Gasteiger charge is 2.48. The number of methoxy groups -OCH3 is 2. The summed E-state index contributed by atoms with van der Waals surface area (Å²) in [5.74, 6) is -2.44. The van der Waals surface area contributed by atoms with Gasteiger partial charge in [-0.1, -0.05) is 29.0 Å². The minimum atomic E-state index is -1.05. The number of hydrogen-bond donors (Lipinski definition) is 1. The Balaban J connectivity index is 1.77. The monoisotopic (exact) mass is 525 g/mol. The molecule has 4 aromatic rings. The van der Waals surface area contributed by atoms with Crippen molar-refractivity contribution in [2.75, 3.05) is 19.1 Å². The summed E-state index contributed by atoms with van der Waals surface area (Å²) in [6.45, 7) is 0. The summed E-state index contributed by atoms with van der Waals surface area (Å²) in [6, 6.07) is 9.63. The van der Waals surface area contributed by atoms with E-state index in [0.717, 1.165) is 11.3 Å². The number of nitrogens with zero attached hydrogens (tertiary/aromatic N) is 3. The molecular weight excluding hydrogens is 509 g/mol. The van der Waals surface area contributed by atoms with Crippen LogP contribution in [-0.2, 0) is 9.59 Å².